The van der Waals surface area contributed by atoms with Gasteiger partial charge in [-0.05, 0) is 52.2 Å². The zero-order valence-electron chi connectivity index (χ0n) is 18.5. The predicted molar refractivity (Wildman–Crippen MR) is 118 cm³/mol. The number of nitrogens with one attached hydrogen (secondary N) is 2. The van der Waals surface area contributed by atoms with Gasteiger partial charge in [-0.1, -0.05) is 0 Å². The number of furan rings is 1. The van der Waals surface area contributed by atoms with Crippen molar-refractivity contribution in [1.29, 1.82) is 0 Å². The third-order valence-corrected chi connectivity index (χ3v) is 4.95. The first-order valence-electron chi connectivity index (χ1n) is 11.2. The van der Waals surface area contributed by atoms with Crippen LogP contribution in [-0.4, -0.2) is 75.5 Å². The van der Waals surface area contributed by atoms with Crippen LogP contribution in [0.5, 0.6) is 0 Å². The Morgan fingerprint density at radius 2 is 2.14 bits per heavy atom. The lowest BCUT2D eigenvalue weighted by atomic mass is 10.1. The topological polar surface area (TPSA) is 71.3 Å². The third-order valence-electron chi connectivity index (χ3n) is 4.95. The molecule has 0 radical (unpaired) electrons. The number of hydrogen-bond donors (Lipinski definition) is 2. The minimum absolute atomic E-state index is 0.308. The molecular weight excluding hydrogens is 368 g/mol. The van der Waals surface area contributed by atoms with Crippen molar-refractivity contribution in [2.24, 2.45) is 4.99 Å². The molecule has 0 saturated carbocycles. The summed E-state index contributed by atoms with van der Waals surface area (Å²) in [5.74, 6) is 1.89. The van der Waals surface area contributed by atoms with E-state index >= 15 is 0 Å². The first kappa shape index (κ1) is 23.7. The van der Waals surface area contributed by atoms with E-state index in [0.717, 1.165) is 89.9 Å². The van der Waals surface area contributed by atoms with Crippen molar-refractivity contribution in [3.05, 3.63) is 24.2 Å². The minimum Gasteiger partial charge on any atom is -0.469 e. The summed E-state index contributed by atoms with van der Waals surface area (Å²) in [6.07, 6.45) is 6.06. The van der Waals surface area contributed by atoms with Crippen molar-refractivity contribution < 1.29 is 13.9 Å². The SMILES string of the molecule is CCOCCCN=C(NCCc1ccco1)NC1CCN(CCOC(C)C)CC1. The van der Waals surface area contributed by atoms with Crippen LogP contribution in [-0.2, 0) is 15.9 Å². The fraction of sp³-hybridized carbons (Fsp3) is 0.773. The average molecular weight is 409 g/mol. The van der Waals surface area contributed by atoms with Gasteiger partial charge < -0.3 is 29.4 Å². The molecule has 1 saturated heterocycles. The Morgan fingerprint density at radius 1 is 1.31 bits per heavy atom. The molecule has 0 aliphatic carbocycles. The molecule has 0 amide bonds. The fourth-order valence-corrected chi connectivity index (χ4v) is 3.33. The number of likely N-dealkylation sites (tertiary alicyclic amines) is 1. The number of aliphatic imine (C=N–C) groups is 1. The Bertz CT molecular complexity index is 540. The number of nitrogens with zero attached hydrogens (tertiary/aromatic N) is 2. The molecule has 1 fully saturated rings. The molecule has 166 valence electrons. The van der Waals surface area contributed by atoms with E-state index in [1.807, 2.05) is 19.1 Å². The molecule has 0 aromatic carbocycles. The van der Waals surface area contributed by atoms with E-state index < -0.39 is 0 Å². The molecule has 2 N–H and O–H groups in total. The van der Waals surface area contributed by atoms with E-state index in [1.165, 1.54) is 0 Å². The Kier molecular flexibility index (Phi) is 11.8. The molecule has 0 spiro atoms. The molecule has 7 heteroatoms. The van der Waals surface area contributed by atoms with Crippen LogP contribution in [0.3, 0.4) is 0 Å². The van der Waals surface area contributed by atoms with Gasteiger partial charge in [0.25, 0.3) is 0 Å². The van der Waals surface area contributed by atoms with Crippen LogP contribution in [0.15, 0.2) is 27.8 Å². The molecule has 1 aromatic rings. The van der Waals surface area contributed by atoms with Gasteiger partial charge in [0.15, 0.2) is 5.96 Å². The second kappa shape index (κ2) is 14.4. The number of ether oxygens (including phenoxy) is 2. The van der Waals surface area contributed by atoms with Gasteiger partial charge in [-0.3, -0.25) is 4.99 Å². The van der Waals surface area contributed by atoms with Gasteiger partial charge in [-0.25, -0.2) is 0 Å². The monoisotopic (exact) mass is 408 g/mol. The second-order valence-electron chi connectivity index (χ2n) is 7.72. The lowest BCUT2D eigenvalue weighted by Gasteiger charge is -2.33. The predicted octanol–water partition coefficient (Wildman–Crippen LogP) is 2.67. The summed E-state index contributed by atoms with van der Waals surface area (Å²) >= 11 is 0. The summed E-state index contributed by atoms with van der Waals surface area (Å²) in [6.45, 7) is 13.3. The van der Waals surface area contributed by atoms with Gasteiger partial charge in [0.2, 0.25) is 0 Å². The standard InChI is InChI=1S/C22H40N4O3/c1-4-27-16-6-11-23-22(24-12-8-21-7-5-17-29-21)25-20-9-13-26(14-10-20)15-18-28-19(2)3/h5,7,17,19-20H,4,6,8-16,18H2,1-3H3,(H2,23,24,25). The highest BCUT2D eigenvalue weighted by Crippen LogP contribution is 2.10. The van der Waals surface area contributed by atoms with E-state index in [1.54, 1.807) is 6.26 Å². The van der Waals surface area contributed by atoms with Crippen LogP contribution in [0.4, 0.5) is 0 Å². The molecule has 2 rings (SSSR count). The molecular formula is C22H40N4O3. The molecule has 1 aromatic heterocycles. The zero-order valence-corrected chi connectivity index (χ0v) is 18.5. The van der Waals surface area contributed by atoms with Crippen LogP contribution in [0.1, 0.15) is 45.8 Å². The van der Waals surface area contributed by atoms with Crippen LogP contribution in [0.25, 0.3) is 0 Å². The normalized spacial score (nSPS) is 16.5. The highest BCUT2D eigenvalue weighted by atomic mass is 16.5. The third kappa shape index (κ3) is 10.7. The second-order valence-corrected chi connectivity index (χ2v) is 7.72. The van der Waals surface area contributed by atoms with E-state index in [4.69, 9.17) is 18.9 Å². The van der Waals surface area contributed by atoms with Crippen molar-refractivity contribution in [2.45, 2.75) is 58.6 Å². The molecule has 29 heavy (non-hydrogen) atoms. The van der Waals surface area contributed by atoms with Crippen LogP contribution < -0.4 is 10.6 Å². The summed E-state index contributed by atoms with van der Waals surface area (Å²) in [6, 6.07) is 4.39. The van der Waals surface area contributed by atoms with Gasteiger partial charge in [0.1, 0.15) is 5.76 Å². The Hall–Kier alpha value is -1.57. The molecule has 2 heterocycles. The molecule has 1 aliphatic heterocycles. The van der Waals surface area contributed by atoms with Gasteiger partial charge in [0, 0.05) is 58.4 Å². The molecule has 0 atom stereocenters. The van der Waals surface area contributed by atoms with Crippen LogP contribution in [0.2, 0.25) is 0 Å². The highest BCUT2D eigenvalue weighted by Gasteiger charge is 2.20. The number of piperidine rings is 1. The van der Waals surface area contributed by atoms with Crippen LogP contribution in [0, 0.1) is 0 Å². The lowest BCUT2D eigenvalue weighted by molar-refractivity contribution is 0.0532. The molecule has 0 bridgehead atoms. The minimum atomic E-state index is 0.308. The maximum atomic E-state index is 5.68. The van der Waals surface area contributed by atoms with E-state index in [2.05, 4.69) is 29.4 Å². The van der Waals surface area contributed by atoms with Crippen molar-refractivity contribution in [1.82, 2.24) is 15.5 Å². The average Bonchev–Trinajstić information content (AvgIpc) is 3.22. The summed E-state index contributed by atoms with van der Waals surface area (Å²) in [4.78, 5) is 7.24. The number of hydrogen-bond acceptors (Lipinski definition) is 5. The smallest absolute Gasteiger partial charge is 0.191 e. The molecule has 0 unspecified atom stereocenters. The first-order valence-corrected chi connectivity index (χ1v) is 11.2. The highest BCUT2D eigenvalue weighted by molar-refractivity contribution is 5.80. The van der Waals surface area contributed by atoms with E-state index in [-0.39, 0.29) is 0 Å². The van der Waals surface area contributed by atoms with Crippen molar-refractivity contribution in [2.75, 3.05) is 52.5 Å². The van der Waals surface area contributed by atoms with Crippen molar-refractivity contribution in [3.63, 3.8) is 0 Å². The summed E-state index contributed by atoms with van der Waals surface area (Å²) in [5, 5.41) is 7.09. The van der Waals surface area contributed by atoms with Gasteiger partial charge in [-0.2, -0.15) is 0 Å². The van der Waals surface area contributed by atoms with Crippen LogP contribution >= 0.6 is 0 Å². The van der Waals surface area contributed by atoms with Crippen molar-refractivity contribution in [3.8, 4) is 0 Å². The van der Waals surface area contributed by atoms with E-state index in [0.29, 0.717) is 12.1 Å². The summed E-state index contributed by atoms with van der Waals surface area (Å²) < 4.78 is 16.5. The van der Waals surface area contributed by atoms with Gasteiger partial charge in [-0.15, -0.1) is 0 Å². The maximum absolute atomic E-state index is 5.68. The van der Waals surface area contributed by atoms with Gasteiger partial charge >= 0.3 is 0 Å². The van der Waals surface area contributed by atoms with Gasteiger partial charge in [0.05, 0.1) is 19.0 Å². The zero-order chi connectivity index (χ0) is 20.7. The van der Waals surface area contributed by atoms with Crippen molar-refractivity contribution >= 4 is 5.96 Å². The first-order chi connectivity index (χ1) is 14.2. The summed E-state index contributed by atoms with van der Waals surface area (Å²) in [7, 11) is 0. The lowest BCUT2D eigenvalue weighted by Crippen LogP contribution is -2.49. The fourth-order valence-electron chi connectivity index (χ4n) is 3.33. The largest absolute Gasteiger partial charge is 0.469 e. The van der Waals surface area contributed by atoms with E-state index in [9.17, 15) is 0 Å². The Balaban J connectivity index is 1.72. The molecule has 1 aliphatic rings. The summed E-state index contributed by atoms with van der Waals surface area (Å²) in [5.41, 5.74) is 0. The Morgan fingerprint density at radius 3 is 2.83 bits per heavy atom. The number of rotatable bonds is 13. The number of guanidine groups is 1. The molecule has 7 nitrogen and oxygen atoms in total. The maximum Gasteiger partial charge on any atom is 0.191 e. The quantitative estimate of drug-likeness (QED) is 0.297. The Labute approximate surface area is 176 Å².